The Labute approximate surface area is 241 Å². The van der Waals surface area contributed by atoms with E-state index in [1.807, 2.05) is 31.7 Å². The molecule has 12 heteroatoms. The molecule has 3 aromatic rings. The van der Waals surface area contributed by atoms with Gasteiger partial charge in [0, 0.05) is 55.9 Å². The molecule has 0 radical (unpaired) electrons. The highest BCUT2D eigenvalue weighted by molar-refractivity contribution is 7.19. The monoisotopic (exact) mass is 586 g/mol. The minimum absolute atomic E-state index is 0.0270. The number of fused-ring (bicyclic) bond motifs is 3. The number of piperazine rings is 1. The molecular formula is C28H32ClFN6O3S. The van der Waals surface area contributed by atoms with Crippen LogP contribution in [0.15, 0.2) is 36.7 Å². The molecule has 1 aromatic carbocycles. The maximum Gasteiger partial charge on any atom is 0.410 e. The van der Waals surface area contributed by atoms with E-state index in [1.54, 1.807) is 28.4 Å². The Hall–Kier alpha value is -3.28. The smallest absolute Gasteiger partial charge is 0.410 e. The minimum atomic E-state index is -0.506. The standard InChI is InChI=1S/C28H32ClFN6O3S/c1-28(2,3)39-27(38)35-13-11-34(12-14-35)9-4-5-23(37)36-10-8-19-22(16-36)40-26-24(19)25(31-17-32-26)33-18-6-7-21(30)20(29)15-18/h4-7,15,17H,8-14,16H2,1-3H3,(H,31,32,33)/b5-4+. The van der Waals surface area contributed by atoms with Crippen molar-refractivity contribution in [3.05, 3.63) is 58.0 Å². The van der Waals surface area contributed by atoms with E-state index >= 15 is 0 Å². The molecule has 2 aromatic heterocycles. The van der Waals surface area contributed by atoms with Gasteiger partial charge in [-0.2, -0.15) is 0 Å². The van der Waals surface area contributed by atoms with E-state index < -0.39 is 11.4 Å². The maximum absolute atomic E-state index is 13.6. The van der Waals surface area contributed by atoms with Gasteiger partial charge in [0.25, 0.3) is 0 Å². The fourth-order valence-electron chi connectivity index (χ4n) is 4.77. The first-order chi connectivity index (χ1) is 19.1. The summed E-state index contributed by atoms with van der Waals surface area (Å²) in [6.07, 6.45) is 5.44. The Bertz CT molecular complexity index is 1450. The number of hydrogen-bond donors (Lipinski definition) is 1. The third-order valence-corrected chi connectivity index (χ3v) is 8.19. The van der Waals surface area contributed by atoms with Crippen LogP contribution >= 0.6 is 22.9 Å². The molecular weight excluding hydrogens is 555 g/mol. The number of hydrogen-bond acceptors (Lipinski definition) is 8. The number of amides is 2. The first-order valence-electron chi connectivity index (χ1n) is 13.2. The number of nitrogens with one attached hydrogen (secondary N) is 1. The van der Waals surface area contributed by atoms with E-state index in [1.165, 1.54) is 18.5 Å². The second-order valence-corrected chi connectivity index (χ2v) is 12.3. The molecule has 0 unspecified atom stereocenters. The molecule has 2 amide bonds. The van der Waals surface area contributed by atoms with E-state index in [9.17, 15) is 14.0 Å². The zero-order valence-electron chi connectivity index (χ0n) is 22.7. The van der Waals surface area contributed by atoms with Crippen molar-refractivity contribution in [2.75, 3.05) is 44.6 Å². The van der Waals surface area contributed by atoms with Crippen LogP contribution < -0.4 is 5.32 Å². The van der Waals surface area contributed by atoms with E-state index in [0.717, 1.165) is 33.7 Å². The summed E-state index contributed by atoms with van der Waals surface area (Å²) in [4.78, 5) is 41.8. The number of nitrogens with zero attached hydrogens (tertiary/aromatic N) is 5. The first-order valence-corrected chi connectivity index (χ1v) is 14.4. The van der Waals surface area contributed by atoms with Gasteiger partial charge in [0.1, 0.15) is 28.4 Å². The third kappa shape index (κ3) is 6.54. The van der Waals surface area contributed by atoms with Crippen LogP contribution in [0, 0.1) is 5.82 Å². The molecule has 0 saturated carbocycles. The molecule has 1 saturated heterocycles. The van der Waals surface area contributed by atoms with Crippen molar-refractivity contribution in [1.82, 2.24) is 24.7 Å². The molecule has 0 aliphatic carbocycles. The summed E-state index contributed by atoms with van der Waals surface area (Å²) in [5.41, 5.74) is 1.26. The Morgan fingerprint density at radius 1 is 1.15 bits per heavy atom. The summed E-state index contributed by atoms with van der Waals surface area (Å²) >= 11 is 7.50. The van der Waals surface area contributed by atoms with Crippen molar-refractivity contribution in [1.29, 1.82) is 0 Å². The van der Waals surface area contributed by atoms with Crippen LogP contribution in [-0.2, 0) is 22.5 Å². The van der Waals surface area contributed by atoms with Gasteiger partial charge in [-0.15, -0.1) is 11.3 Å². The third-order valence-electron chi connectivity index (χ3n) is 6.78. The number of anilines is 2. The molecule has 1 N–H and O–H groups in total. The predicted molar refractivity (Wildman–Crippen MR) is 155 cm³/mol. The van der Waals surface area contributed by atoms with Crippen LogP contribution in [0.1, 0.15) is 31.2 Å². The zero-order chi connectivity index (χ0) is 28.4. The number of rotatable bonds is 5. The topological polar surface area (TPSA) is 90.9 Å². The Balaban J connectivity index is 1.17. The number of carbonyl (C=O) groups excluding carboxylic acids is 2. The largest absolute Gasteiger partial charge is 0.444 e. The van der Waals surface area contributed by atoms with Crippen LogP contribution in [0.3, 0.4) is 0 Å². The number of carbonyl (C=O) groups is 2. The quantitative estimate of drug-likeness (QED) is 0.410. The molecule has 2 aliphatic rings. The fraction of sp³-hybridized carbons (Fsp3) is 0.429. The lowest BCUT2D eigenvalue weighted by Crippen LogP contribution is -2.49. The summed E-state index contributed by atoms with van der Waals surface area (Å²) < 4.78 is 19.0. The Morgan fingerprint density at radius 2 is 1.93 bits per heavy atom. The Kier molecular flexibility index (Phi) is 8.25. The second-order valence-electron chi connectivity index (χ2n) is 10.8. The SMILES string of the molecule is CC(C)(C)OC(=O)N1CCN(C/C=C/C(=O)N2CCc3c(sc4ncnc(Nc5ccc(F)c(Cl)c5)c34)C2)CC1. The number of ether oxygens (including phenoxy) is 1. The van der Waals surface area contributed by atoms with Crippen LogP contribution in [0.4, 0.5) is 20.7 Å². The van der Waals surface area contributed by atoms with Gasteiger partial charge in [-0.1, -0.05) is 17.7 Å². The molecule has 1 fully saturated rings. The predicted octanol–water partition coefficient (Wildman–Crippen LogP) is 5.22. The van der Waals surface area contributed by atoms with Gasteiger partial charge < -0.3 is 19.9 Å². The molecule has 5 rings (SSSR count). The summed E-state index contributed by atoms with van der Waals surface area (Å²) in [7, 11) is 0. The van der Waals surface area contributed by atoms with Gasteiger partial charge in [-0.25, -0.2) is 19.2 Å². The second kappa shape index (κ2) is 11.7. The van der Waals surface area contributed by atoms with Gasteiger partial charge in [0.2, 0.25) is 5.91 Å². The normalized spacial score (nSPS) is 16.4. The van der Waals surface area contributed by atoms with E-state index in [2.05, 4.69) is 20.2 Å². The van der Waals surface area contributed by atoms with Gasteiger partial charge in [0.15, 0.2) is 0 Å². The van der Waals surface area contributed by atoms with E-state index in [-0.39, 0.29) is 17.0 Å². The van der Waals surface area contributed by atoms with Gasteiger partial charge in [-0.3, -0.25) is 9.69 Å². The molecule has 4 heterocycles. The summed E-state index contributed by atoms with van der Waals surface area (Å²) in [6.45, 7) is 10.0. The van der Waals surface area contributed by atoms with Crippen molar-refractivity contribution in [3.8, 4) is 0 Å². The molecule has 9 nitrogen and oxygen atoms in total. The van der Waals surface area contributed by atoms with Gasteiger partial charge >= 0.3 is 6.09 Å². The van der Waals surface area contributed by atoms with Gasteiger partial charge in [0.05, 0.1) is 17.0 Å². The molecule has 212 valence electrons. The van der Waals surface area contributed by atoms with Crippen LogP contribution in [0.5, 0.6) is 0 Å². The fourth-order valence-corrected chi connectivity index (χ4v) is 6.15. The van der Waals surface area contributed by atoms with Crippen molar-refractivity contribution in [2.45, 2.75) is 39.3 Å². The van der Waals surface area contributed by atoms with E-state index in [0.29, 0.717) is 50.6 Å². The Morgan fingerprint density at radius 3 is 2.65 bits per heavy atom. The highest BCUT2D eigenvalue weighted by atomic mass is 35.5. The first kappa shape index (κ1) is 28.3. The molecule has 0 bridgehead atoms. The minimum Gasteiger partial charge on any atom is -0.444 e. The van der Waals surface area contributed by atoms with E-state index in [4.69, 9.17) is 16.3 Å². The zero-order valence-corrected chi connectivity index (χ0v) is 24.3. The number of aromatic nitrogens is 2. The maximum atomic E-state index is 13.6. The summed E-state index contributed by atoms with van der Waals surface area (Å²) in [5, 5.41) is 4.20. The molecule has 40 heavy (non-hydrogen) atoms. The summed E-state index contributed by atoms with van der Waals surface area (Å²) in [5.74, 6) is 0.130. The van der Waals surface area contributed by atoms with Crippen molar-refractivity contribution >= 4 is 56.7 Å². The van der Waals surface area contributed by atoms with Gasteiger partial charge in [-0.05, 0) is 51.0 Å². The number of halogens is 2. The lowest BCUT2D eigenvalue weighted by atomic mass is 10.0. The molecule has 2 aliphatic heterocycles. The highest BCUT2D eigenvalue weighted by Crippen LogP contribution is 2.38. The molecule has 0 spiro atoms. The van der Waals surface area contributed by atoms with Crippen molar-refractivity contribution in [2.24, 2.45) is 0 Å². The average molecular weight is 587 g/mol. The lowest BCUT2D eigenvalue weighted by Gasteiger charge is -2.35. The van der Waals surface area contributed by atoms with Crippen LogP contribution in [0.2, 0.25) is 5.02 Å². The molecule has 0 atom stereocenters. The summed E-state index contributed by atoms with van der Waals surface area (Å²) in [6, 6.07) is 4.45. The average Bonchev–Trinajstić information content (AvgIpc) is 3.29. The highest BCUT2D eigenvalue weighted by Gasteiger charge is 2.27. The number of thiophene rings is 1. The van der Waals surface area contributed by atoms with Crippen molar-refractivity contribution < 1.29 is 18.7 Å². The van der Waals surface area contributed by atoms with Crippen LogP contribution in [-0.4, -0.2) is 81.5 Å². The van der Waals surface area contributed by atoms with Crippen LogP contribution in [0.25, 0.3) is 10.2 Å². The van der Waals surface area contributed by atoms with Crippen molar-refractivity contribution in [3.63, 3.8) is 0 Å². The lowest BCUT2D eigenvalue weighted by molar-refractivity contribution is -0.126. The number of benzene rings is 1.